The van der Waals surface area contributed by atoms with Gasteiger partial charge in [0.15, 0.2) is 11.6 Å². The Labute approximate surface area is 125 Å². The molecule has 2 N–H and O–H groups in total. The normalized spacial score (nSPS) is 11.5. The molecule has 6 nitrogen and oxygen atoms in total. The van der Waals surface area contributed by atoms with Gasteiger partial charge in [-0.15, -0.1) is 0 Å². The van der Waals surface area contributed by atoms with Crippen molar-refractivity contribution >= 4 is 27.5 Å². The molecule has 1 aromatic carbocycles. The number of hydrogen-bond acceptors (Lipinski definition) is 4. The summed E-state index contributed by atoms with van der Waals surface area (Å²) in [6, 6.07) is 0.526. The lowest BCUT2D eigenvalue weighted by molar-refractivity contribution is 0.0743. The SMILES string of the molecule is COCCN(C)C(=O)c1cc(F)c(F)c(S(N)(=O)=O)c1Cl. The molecule has 0 radical (unpaired) electrons. The number of carbonyl (C=O) groups excluding carboxylic acids is 1. The lowest BCUT2D eigenvalue weighted by atomic mass is 10.2. The fraction of sp³-hybridized carbons (Fsp3) is 0.364. The standard InChI is InChI=1S/C11H13ClF2N2O4S/c1-16(3-4-20-2)11(17)6-5-7(13)9(14)10(8(6)12)21(15,18)19/h5H,3-4H2,1-2H3,(H2,15,18,19). The minimum atomic E-state index is -4.63. The maximum atomic E-state index is 13.5. The molecular formula is C11H13ClF2N2O4S. The van der Waals surface area contributed by atoms with E-state index in [2.05, 4.69) is 0 Å². The molecule has 0 bridgehead atoms. The van der Waals surface area contributed by atoms with Crippen LogP contribution in [0.1, 0.15) is 10.4 Å². The number of likely N-dealkylation sites (N-methyl/N-ethyl adjacent to an activating group) is 1. The van der Waals surface area contributed by atoms with E-state index in [9.17, 15) is 22.0 Å². The molecule has 118 valence electrons. The summed E-state index contributed by atoms with van der Waals surface area (Å²) in [6.45, 7) is 0.348. The van der Waals surface area contributed by atoms with Gasteiger partial charge in [0.25, 0.3) is 5.91 Å². The second-order valence-corrected chi connectivity index (χ2v) is 6.00. The van der Waals surface area contributed by atoms with E-state index in [4.69, 9.17) is 21.5 Å². The average Bonchev–Trinajstić information content (AvgIpc) is 2.38. The van der Waals surface area contributed by atoms with Gasteiger partial charge in [-0.25, -0.2) is 22.3 Å². The Hall–Kier alpha value is -1.29. The first-order valence-electron chi connectivity index (χ1n) is 5.56. The van der Waals surface area contributed by atoms with Gasteiger partial charge in [-0.05, 0) is 6.07 Å². The average molecular weight is 343 g/mol. The van der Waals surface area contributed by atoms with E-state index < -0.39 is 43.0 Å². The van der Waals surface area contributed by atoms with E-state index in [-0.39, 0.29) is 13.2 Å². The van der Waals surface area contributed by atoms with Crippen molar-refractivity contribution in [1.82, 2.24) is 4.90 Å². The van der Waals surface area contributed by atoms with E-state index in [1.54, 1.807) is 0 Å². The zero-order chi connectivity index (χ0) is 16.4. The van der Waals surface area contributed by atoms with E-state index in [0.717, 1.165) is 4.90 Å². The molecule has 10 heteroatoms. The summed E-state index contributed by atoms with van der Waals surface area (Å²) in [5, 5.41) is 4.03. The Balaban J connectivity index is 3.39. The summed E-state index contributed by atoms with van der Waals surface area (Å²) >= 11 is 5.70. The minimum absolute atomic E-state index is 0.148. The van der Waals surface area contributed by atoms with Crippen molar-refractivity contribution in [3.05, 3.63) is 28.3 Å². The molecule has 0 saturated heterocycles. The van der Waals surface area contributed by atoms with E-state index >= 15 is 0 Å². The van der Waals surface area contributed by atoms with E-state index in [1.165, 1.54) is 14.2 Å². The van der Waals surface area contributed by atoms with Crippen molar-refractivity contribution in [2.45, 2.75) is 4.90 Å². The smallest absolute Gasteiger partial charge is 0.255 e. The number of nitrogens with zero attached hydrogens (tertiary/aromatic N) is 1. The van der Waals surface area contributed by atoms with Gasteiger partial charge in [0.2, 0.25) is 10.0 Å². The number of amides is 1. The first-order chi connectivity index (χ1) is 9.61. The molecule has 0 aliphatic heterocycles. The molecule has 0 saturated carbocycles. The zero-order valence-corrected chi connectivity index (χ0v) is 12.8. The van der Waals surface area contributed by atoms with Gasteiger partial charge in [-0.2, -0.15) is 0 Å². The van der Waals surface area contributed by atoms with Crippen LogP contribution in [0, 0.1) is 11.6 Å². The number of halogens is 3. The van der Waals surface area contributed by atoms with E-state index in [0.29, 0.717) is 6.07 Å². The number of nitrogens with two attached hydrogens (primary N) is 1. The van der Waals surface area contributed by atoms with Crippen LogP contribution in [0.25, 0.3) is 0 Å². The Morgan fingerprint density at radius 1 is 1.48 bits per heavy atom. The number of benzene rings is 1. The number of primary sulfonamides is 1. The van der Waals surface area contributed by atoms with Crippen LogP contribution in [0.2, 0.25) is 5.02 Å². The molecule has 21 heavy (non-hydrogen) atoms. The third-order valence-electron chi connectivity index (χ3n) is 2.61. The van der Waals surface area contributed by atoms with Crippen LogP contribution in [0.15, 0.2) is 11.0 Å². The van der Waals surface area contributed by atoms with Crippen molar-refractivity contribution in [1.29, 1.82) is 0 Å². The highest BCUT2D eigenvalue weighted by atomic mass is 35.5. The predicted molar refractivity (Wildman–Crippen MR) is 71.6 cm³/mol. The maximum Gasteiger partial charge on any atom is 0.255 e. The summed E-state index contributed by atoms with van der Waals surface area (Å²) in [5.41, 5.74) is -0.502. The van der Waals surface area contributed by atoms with Crippen LogP contribution in [-0.4, -0.2) is 46.5 Å². The Morgan fingerprint density at radius 3 is 2.52 bits per heavy atom. The highest BCUT2D eigenvalue weighted by Gasteiger charge is 2.28. The van der Waals surface area contributed by atoms with Gasteiger partial charge < -0.3 is 9.64 Å². The second kappa shape index (κ2) is 6.65. The van der Waals surface area contributed by atoms with Gasteiger partial charge in [-0.1, -0.05) is 11.6 Å². The van der Waals surface area contributed by atoms with Crippen LogP contribution in [-0.2, 0) is 14.8 Å². The number of rotatable bonds is 5. The number of ether oxygens (including phenoxy) is 1. The first kappa shape index (κ1) is 17.8. The quantitative estimate of drug-likeness (QED) is 0.808. The van der Waals surface area contributed by atoms with Crippen LogP contribution >= 0.6 is 11.6 Å². The minimum Gasteiger partial charge on any atom is -0.383 e. The largest absolute Gasteiger partial charge is 0.383 e. The fourth-order valence-electron chi connectivity index (χ4n) is 1.52. The topological polar surface area (TPSA) is 89.7 Å². The Morgan fingerprint density at radius 2 is 2.05 bits per heavy atom. The predicted octanol–water partition coefficient (Wildman–Crippen LogP) is 0.984. The Bertz CT molecular complexity index is 667. The van der Waals surface area contributed by atoms with Gasteiger partial charge in [-0.3, -0.25) is 4.79 Å². The lowest BCUT2D eigenvalue weighted by Crippen LogP contribution is -2.31. The van der Waals surface area contributed by atoms with Crippen molar-refractivity contribution in [2.24, 2.45) is 5.14 Å². The maximum absolute atomic E-state index is 13.5. The zero-order valence-electron chi connectivity index (χ0n) is 11.2. The summed E-state index contributed by atoms with van der Waals surface area (Å²) in [7, 11) is -1.84. The number of hydrogen-bond donors (Lipinski definition) is 1. The number of sulfonamides is 1. The van der Waals surface area contributed by atoms with Gasteiger partial charge >= 0.3 is 0 Å². The van der Waals surface area contributed by atoms with Gasteiger partial charge in [0, 0.05) is 20.7 Å². The van der Waals surface area contributed by atoms with Gasteiger partial charge in [0.1, 0.15) is 4.90 Å². The molecule has 0 spiro atoms. The summed E-state index contributed by atoms with van der Waals surface area (Å²) in [5.74, 6) is -4.05. The van der Waals surface area contributed by atoms with Crippen LogP contribution in [0.3, 0.4) is 0 Å². The molecule has 0 atom stereocenters. The fourth-order valence-corrected chi connectivity index (χ4v) is 2.77. The van der Waals surface area contributed by atoms with Crippen molar-refractivity contribution in [2.75, 3.05) is 27.3 Å². The van der Waals surface area contributed by atoms with Crippen LogP contribution in [0.4, 0.5) is 8.78 Å². The van der Waals surface area contributed by atoms with E-state index in [1.807, 2.05) is 0 Å². The monoisotopic (exact) mass is 342 g/mol. The van der Waals surface area contributed by atoms with Crippen molar-refractivity contribution in [3.8, 4) is 0 Å². The molecular weight excluding hydrogens is 330 g/mol. The third kappa shape index (κ3) is 3.88. The molecule has 1 aromatic rings. The number of carbonyl (C=O) groups is 1. The second-order valence-electron chi connectivity index (χ2n) is 4.13. The first-order valence-corrected chi connectivity index (χ1v) is 7.48. The molecule has 0 aromatic heterocycles. The molecule has 0 aliphatic carbocycles. The van der Waals surface area contributed by atoms with Crippen LogP contribution < -0.4 is 5.14 Å². The Kier molecular flexibility index (Phi) is 5.62. The summed E-state index contributed by atoms with van der Waals surface area (Å²) < 4.78 is 54.4. The van der Waals surface area contributed by atoms with Gasteiger partial charge in [0.05, 0.1) is 17.2 Å². The van der Waals surface area contributed by atoms with Crippen molar-refractivity contribution in [3.63, 3.8) is 0 Å². The molecule has 0 fully saturated rings. The van der Waals surface area contributed by atoms with Crippen molar-refractivity contribution < 1.29 is 26.7 Å². The third-order valence-corrected chi connectivity index (χ3v) is 4.07. The molecule has 1 rings (SSSR count). The molecule has 0 aliphatic rings. The highest BCUT2D eigenvalue weighted by Crippen LogP contribution is 2.30. The summed E-state index contributed by atoms with van der Waals surface area (Å²) in [6.07, 6.45) is 0. The lowest BCUT2D eigenvalue weighted by Gasteiger charge is -2.18. The highest BCUT2D eigenvalue weighted by molar-refractivity contribution is 7.89. The number of methoxy groups -OCH3 is 1. The molecule has 1 amide bonds. The van der Waals surface area contributed by atoms with Crippen LogP contribution in [0.5, 0.6) is 0 Å². The molecule has 0 unspecified atom stereocenters. The molecule has 0 heterocycles. The summed E-state index contributed by atoms with van der Waals surface area (Å²) in [4.78, 5) is 12.0.